The number of hydrogen-bond acceptors (Lipinski definition) is 1. The van der Waals surface area contributed by atoms with Gasteiger partial charge in [0.2, 0.25) is 0 Å². The molecule has 0 unspecified atom stereocenters. The second kappa shape index (κ2) is 7.05. The van der Waals surface area contributed by atoms with Gasteiger partial charge in [-0.2, -0.15) is 13.2 Å². The number of hydrogen-bond donors (Lipinski definition) is 0. The van der Waals surface area contributed by atoms with Gasteiger partial charge in [0.05, 0.1) is 5.56 Å². The van der Waals surface area contributed by atoms with Crippen molar-refractivity contribution >= 4 is 11.3 Å². The van der Waals surface area contributed by atoms with E-state index in [9.17, 15) is 13.2 Å². The molecule has 0 fully saturated rings. The Hall–Kier alpha value is -2.85. The molecule has 0 amide bonds. The van der Waals surface area contributed by atoms with Crippen LogP contribution < -0.4 is 0 Å². The first-order chi connectivity index (χ1) is 13.0. The quantitative estimate of drug-likeness (QED) is 0.340. The summed E-state index contributed by atoms with van der Waals surface area (Å²) in [7, 11) is 0. The van der Waals surface area contributed by atoms with Crippen molar-refractivity contribution in [3.8, 4) is 32.0 Å². The van der Waals surface area contributed by atoms with Crippen LogP contribution in [0.3, 0.4) is 0 Å². The zero-order chi connectivity index (χ0) is 18.9. The van der Waals surface area contributed by atoms with E-state index < -0.39 is 11.7 Å². The normalized spacial score (nSPS) is 11.5. The first kappa shape index (κ1) is 17.6. The van der Waals surface area contributed by atoms with Crippen molar-refractivity contribution in [3.05, 3.63) is 96.6 Å². The van der Waals surface area contributed by atoms with E-state index in [0.717, 1.165) is 44.1 Å². The van der Waals surface area contributed by atoms with Crippen molar-refractivity contribution in [3.63, 3.8) is 0 Å². The Bertz CT molecular complexity index is 1030. The second-order valence-corrected chi connectivity index (χ2v) is 7.21. The van der Waals surface area contributed by atoms with Crippen molar-refractivity contribution in [2.75, 3.05) is 0 Å². The molecular weight excluding hydrogens is 365 g/mol. The molecule has 27 heavy (non-hydrogen) atoms. The summed E-state index contributed by atoms with van der Waals surface area (Å²) < 4.78 is 38.7. The number of thiophene rings is 1. The first-order valence-corrected chi connectivity index (χ1v) is 9.26. The molecule has 0 bridgehead atoms. The summed E-state index contributed by atoms with van der Waals surface area (Å²) >= 11 is 1.59. The highest BCUT2D eigenvalue weighted by Crippen LogP contribution is 2.43. The van der Waals surface area contributed by atoms with Crippen molar-refractivity contribution < 1.29 is 13.2 Å². The summed E-state index contributed by atoms with van der Waals surface area (Å²) in [5.74, 6) is 0. The Morgan fingerprint density at radius 1 is 0.593 bits per heavy atom. The van der Waals surface area contributed by atoms with Gasteiger partial charge in [0.1, 0.15) is 0 Å². The molecule has 0 N–H and O–H groups in total. The van der Waals surface area contributed by atoms with E-state index in [1.165, 1.54) is 0 Å². The Balaban J connectivity index is 1.85. The molecule has 0 saturated heterocycles. The smallest absolute Gasteiger partial charge is 0.166 e. The fourth-order valence-electron chi connectivity index (χ4n) is 2.99. The van der Waals surface area contributed by atoms with Crippen LogP contribution in [0.5, 0.6) is 0 Å². The Morgan fingerprint density at radius 2 is 1.15 bits per heavy atom. The molecule has 1 heterocycles. The first-order valence-electron chi connectivity index (χ1n) is 8.45. The molecule has 0 aliphatic carbocycles. The number of rotatable bonds is 3. The van der Waals surface area contributed by atoms with Crippen LogP contribution in [0.2, 0.25) is 0 Å². The average Bonchev–Trinajstić information content (AvgIpc) is 3.14. The van der Waals surface area contributed by atoms with Gasteiger partial charge >= 0.3 is 6.18 Å². The van der Waals surface area contributed by atoms with E-state index in [2.05, 4.69) is 6.07 Å². The van der Waals surface area contributed by atoms with Crippen LogP contribution in [0.4, 0.5) is 13.2 Å². The second-order valence-electron chi connectivity index (χ2n) is 6.16. The number of alkyl halides is 3. The monoisotopic (exact) mass is 380 g/mol. The third kappa shape index (κ3) is 3.67. The van der Waals surface area contributed by atoms with Crippen molar-refractivity contribution in [2.24, 2.45) is 0 Å². The Labute approximate surface area is 159 Å². The van der Waals surface area contributed by atoms with Crippen molar-refractivity contribution in [1.29, 1.82) is 0 Å². The van der Waals surface area contributed by atoms with Crippen LogP contribution in [0.15, 0.2) is 91.0 Å². The molecule has 0 nitrogen and oxygen atoms in total. The van der Waals surface area contributed by atoms with Crippen LogP contribution in [0, 0.1) is 0 Å². The summed E-state index contributed by atoms with van der Waals surface area (Å²) in [4.78, 5) is 2.05. The average molecular weight is 380 g/mol. The maximum absolute atomic E-state index is 12.9. The van der Waals surface area contributed by atoms with Gasteiger partial charge in [-0.25, -0.2) is 0 Å². The molecule has 3 aromatic carbocycles. The SMILES string of the molecule is FC(F)(F)c1ccc(-c2sc(-c3ccccc3)cc2-c2ccccc2)cc1. The zero-order valence-corrected chi connectivity index (χ0v) is 15.0. The third-order valence-electron chi connectivity index (χ3n) is 4.35. The molecule has 4 heteroatoms. The van der Waals surface area contributed by atoms with E-state index >= 15 is 0 Å². The van der Waals surface area contributed by atoms with Gasteiger partial charge in [-0.05, 0) is 34.9 Å². The molecule has 0 saturated carbocycles. The van der Waals surface area contributed by atoms with E-state index in [0.29, 0.717) is 0 Å². The standard InChI is InChI=1S/C23H15F3S/c24-23(25,26)19-13-11-18(12-14-19)22-20(16-7-3-1-4-8-16)15-21(27-22)17-9-5-2-6-10-17/h1-15H. The van der Waals surface area contributed by atoms with Crippen LogP contribution >= 0.6 is 11.3 Å². The van der Waals surface area contributed by atoms with Gasteiger partial charge in [0.15, 0.2) is 0 Å². The van der Waals surface area contributed by atoms with Gasteiger partial charge < -0.3 is 0 Å². The minimum Gasteiger partial charge on any atom is -0.166 e. The molecule has 0 spiro atoms. The fourth-order valence-corrected chi connectivity index (χ4v) is 4.18. The van der Waals surface area contributed by atoms with Crippen LogP contribution in [-0.2, 0) is 6.18 Å². The van der Waals surface area contributed by atoms with Gasteiger partial charge in [0, 0.05) is 15.3 Å². The topological polar surface area (TPSA) is 0 Å². The largest absolute Gasteiger partial charge is 0.416 e. The minimum absolute atomic E-state index is 0.632. The van der Waals surface area contributed by atoms with Gasteiger partial charge in [-0.1, -0.05) is 72.8 Å². The highest BCUT2D eigenvalue weighted by molar-refractivity contribution is 7.19. The highest BCUT2D eigenvalue weighted by atomic mass is 32.1. The number of halogens is 3. The molecule has 0 atom stereocenters. The molecule has 0 radical (unpaired) electrons. The maximum Gasteiger partial charge on any atom is 0.416 e. The molecular formula is C23H15F3S. The van der Waals surface area contributed by atoms with Crippen LogP contribution in [0.1, 0.15) is 5.56 Å². The Kier molecular flexibility index (Phi) is 4.58. The van der Waals surface area contributed by atoms with Gasteiger partial charge in [-0.3, -0.25) is 0 Å². The van der Waals surface area contributed by atoms with E-state index in [4.69, 9.17) is 0 Å². The highest BCUT2D eigenvalue weighted by Gasteiger charge is 2.30. The molecule has 0 aliphatic heterocycles. The third-order valence-corrected chi connectivity index (χ3v) is 5.58. The lowest BCUT2D eigenvalue weighted by Gasteiger charge is -2.08. The van der Waals surface area contributed by atoms with Gasteiger partial charge in [-0.15, -0.1) is 11.3 Å². The lowest BCUT2D eigenvalue weighted by molar-refractivity contribution is -0.137. The maximum atomic E-state index is 12.9. The molecule has 134 valence electrons. The lowest BCUT2D eigenvalue weighted by Crippen LogP contribution is -2.03. The molecule has 0 aliphatic rings. The summed E-state index contributed by atoms with van der Waals surface area (Å²) in [5, 5.41) is 0. The predicted octanol–water partition coefficient (Wildman–Crippen LogP) is 7.77. The number of benzene rings is 3. The zero-order valence-electron chi connectivity index (χ0n) is 14.2. The van der Waals surface area contributed by atoms with E-state index in [1.54, 1.807) is 23.5 Å². The van der Waals surface area contributed by atoms with Gasteiger partial charge in [0.25, 0.3) is 0 Å². The van der Waals surface area contributed by atoms with Crippen molar-refractivity contribution in [2.45, 2.75) is 6.18 Å². The summed E-state index contributed by atoms with van der Waals surface area (Å²) in [5.41, 5.74) is 3.32. The van der Waals surface area contributed by atoms with E-state index in [-0.39, 0.29) is 0 Å². The Morgan fingerprint density at radius 3 is 1.70 bits per heavy atom. The molecule has 4 aromatic rings. The van der Waals surface area contributed by atoms with E-state index in [1.807, 2.05) is 60.7 Å². The molecule has 1 aromatic heterocycles. The summed E-state index contributed by atoms with van der Waals surface area (Å²) in [6.07, 6.45) is -4.33. The molecule has 4 rings (SSSR count). The fraction of sp³-hybridized carbons (Fsp3) is 0.0435. The summed E-state index contributed by atoms with van der Waals surface area (Å²) in [6.45, 7) is 0. The summed E-state index contributed by atoms with van der Waals surface area (Å²) in [6, 6.07) is 27.4. The van der Waals surface area contributed by atoms with Crippen molar-refractivity contribution in [1.82, 2.24) is 0 Å². The lowest BCUT2D eigenvalue weighted by atomic mass is 10.0. The van der Waals surface area contributed by atoms with Crippen LogP contribution in [-0.4, -0.2) is 0 Å². The minimum atomic E-state index is -4.33. The van der Waals surface area contributed by atoms with Crippen LogP contribution in [0.25, 0.3) is 32.0 Å². The predicted molar refractivity (Wildman–Crippen MR) is 106 cm³/mol.